The van der Waals surface area contributed by atoms with Crippen LogP contribution in [0.2, 0.25) is 0 Å². The number of nitrogens with one attached hydrogen (secondary N) is 1. The highest BCUT2D eigenvalue weighted by Crippen LogP contribution is 2.36. The number of rotatable bonds is 8. The fraction of sp³-hybridized carbons (Fsp3) is 0.348. The van der Waals surface area contributed by atoms with E-state index >= 15 is 0 Å². The number of benzene rings is 1. The van der Waals surface area contributed by atoms with Gasteiger partial charge in [0.2, 0.25) is 0 Å². The summed E-state index contributed by atoms with van der Waals surface area (Å²) < 4.78 is 22.5. The molecular formula is C23H23BrClN3O8. The van der Waals surface area contributed by atoms with Gasteiger partial charge in [0.15, 0.2) is 12.3 Å². The number of carbonyl (C=O) groups excluding carboxylic acids is 3. The summed E-state index contributed by atoms with van der Waals surface area (Å²) in [4.78, 5) is 52.1. The Morgan fingerprint density at radius 3 is 2.50 bits per heavy atom. The van der Waals surface area contributed by atoms with Crippen molar-refractivity contribution in [2.24, 2.45) is 0 Å². The molecule has 0 aliphatic carbocycles. The topological polar surface area (TPSA) is 135 Å². The number of hydrogen-bond donors (Lipinski definition) is 1. The minimum Gasteiger partial charge on any atom is -0.497 e. The predicted octanol–water partition coefficient (Wildman–Crippen LogP) is 2.87. The van der Waals surface area contributed by atoms with Gasteiger partial charge in [0.05, 0.1) is 11.9 Å². The van der Waals surface area contributed by atoms with E-state index in [-0.39, 0.29) is 18.0 Å². The Morgan fingerprint density at radius 2 is 1.92 bits per heavy atom. The molecule has 0 unspecified atom stereocenters. The SMILES string of the molecule is COc1ccc(C(=O)Nc2nc(=O)n([C@@H]3O[C@H](COC(C)=O)[C@H](Br)[C@H]3OC(C)=O)cc2C=CCl)cc1. The molecule has 1 amide bonds. The van der Waals surface area contributed by atoms with Crippen molar-refractivity contribution in [3.8, 4) is 5.75 Å². The molecule has 2 heterocycles. The molecule has 11 nitrogen and oxygen atoms in total. The van der Waals surface area contributed by atoms with Crippen LogP contribution in [0.25, 0.3) is 6.08 Å². The van der Waals surface area contributed by atoms with Crippen LogP contribution in [0.15, 0.2) is 40.8 Å². The van der Waals surface area contributed by atoms with Crippen molar-refractivity contribution < 1.29 is 33.3 Å². The molecule has 1 aliphatic heterocycles. The Balaban J connectivity index is 1.94. The third kappa shape index (κ3) is 6.50. The monoisotopic (exact) mass is 583 g/mol. The molecular weight excluding hydrogens is 562 g/mol. The predicted molar refractivity (Wildman–Crippen MR) is 133 cm³/mol. The van der Waals surface area contributed by atoms with Crippen molar-refractivity contribution in [1.29, 1.82) is 0 Å². The molecule has 1 aromatic heterocycles. The highest BCUT2D eigenvalue weighted by atomic mass is 79.9. The number of amides is 1. The van der Waals surface area contributed by atoms with Gasteiger partial charge < -0.3 is 24.3 Å². The van der Waals surface area contributed by atoms with Crippen molar-refractivity contribution in [2.75, 3.05) is 19.0 Å². The molecule has 0 bridgehead atoms. The van der Waals surface area contributed by atoms with Crippen LogP contribution in [0.5, 0.6) is 5.75 Å². The Morgan fingerprint density at radius 1 is 1.22 bits per heavy atom. The number of ether oxygens (including phenoxy) is 4. The Kier molecular flexibility index (Phi) is 9.24. The molecule has 0 spiro atoms. The fourth-order valence-electron chi connectivity index (χ4n) is 3.45. The summed E-state index contributed by atoms with van der Waals surface area (Å²) in [6, 6.07) is 6.36. The van der Waals surface area contributed by atoms with Gasteiger partial charge in [0.25, 0.3) is 5.91 Å². The highest BCUT2D eigenvalue weighted by Gasteiger charge is 2.47. The van der Waals surface area contributed by atoms with E-state index in [2.05, 4.69) is 26.2 Å². The van der Waals surface area contributed by atoms with Crippen molar-refractivity contribution in [3.05, 3.63) is 57.6 Å². The van der Waals surface area contributed by atoms with E-state index in [0.29, 0.717) is 11.3 Å². The van der Waals surface area contributed by atoms with Crippen molar-refractivity contribution in [2.45, 2.75) is 37.1 Å². The second-order valence-corrected chi connectivity index (χ2v) is 8.91. The molecule has 192 valence electrons. The van der Waals surface area contributed by atoms with E-state index in [0.717, 1.165) is 4.57 Å². The van der Waals surface area contributed by atoms with Crippen LogP contribution >= 0.6 is 27.5 Å². The summed E-state index contributed by atoms with van der Waals surface area (Å²) in [5.41, 5.74) is 0.991. The number of anilines is 1. The molecule has 1 fully saturated rings. The van der Waals surface area contributed by atoms with Crippen molar-refractivity contribution in [3.63, 3.8) is 0 Å². The minimum absolute atomic E-state index is 0.0390. The first-order chi connectivity index (χ1) is 17.1. The lowest BCUT2D eigenvalue weighted by atomic mass is 10.2. The average Bonchev–Trinajstić information content (AvgIpc) is 3.13. The first kappa shape index (κ1) is 27.4. The van der Waals surface area contributed by atoms with Crippen LogP contribution in [-0.2, 0) is 23.8 Å². The average molecular weight is 585 g/mol. The zero-order valence-electron chi connectivity index (χ0n) is 19.5. The van der Waals surface area contributed by atoms with Gasteiger partial charge in [-0.15, -0.1) is 0 Å². The zero-order chi connectivity index (χ0) is 26.4. The largest absolute Gasteiger partial charge is 0.497 e. The number of halogens is 2. The van der Waals surface area contributed by atoms with Crippen LogP contribution in [0, 0.1) is 0 Å². The van der Waals surface area contributed by atoms with Gasteiger partial charge in [-0.25, -0.2) is 4.79 Å². The second-order valence-electron chi connectivity index (χ2n) is 7.60. The standard InChI is InChI=1S/C23H23BrClN3O8/c1-12(29)34-11-17-18(24)19(35-13(2)30)22(36-17)28-10-15(8-9-25)20(27-23(28)32)26-21(31)14-4-6-16(33-3)7-5-14/h4-10,17-19,22H,11H2,1-3H3,(H,26,27,31,32)/t17-,18+,19-,22-/m1/s1. The molecule has 1 saturated heterocycles. The summed E-state index contributed by atoms with van der Waals surface area (Å²) in [5, 5.41) is 2.59. The lowest BCUT2D eigenvalue weighted by Crippen LogP contribution is -2.37. The summed E-state index contributed by atoms with van der Waals surface area (Å²) >= 11 is 9.20. The number of hydrogen-bond acceptors (Lipinski definition) is 9. The number of nitrogens with zero attached hydrogens (tertiary/aromatic N) is 2. The summed E-state index contributed by atoms with van der Waals surface area (Å²) in [5.74, 6) is -1.09. The van der Waals surface area contributed by atoms with Gasteiger partial charge in [-0.3, -0.25) is 19.0 Å². The van der Waals surface area contributed by atoms with Crippen LogP contribution in [0.3, 0.4) is 0 Å². The van der Waals surface area contributed by atoms with E-state index in [4.69, 9.17) is 30.5 Å². The summed E-state index contributed by atoms with van der Waals surface area (Å²) in [6.45, 7) is 2.33. The zero-order valence-corrected chi connectivity index (χ0v) is 21.8. The normalized spacial score (nSPS) is 21.2. The van der Waals surface area contributed by atoms with Gasteiger partial charge in [0, 0.05) is 36.7 Å². The molecule has 2 aromatic rings. The van der Waals surface area contributed by atoms with E-state index in [1.165, 1.54) is 38.8 Å². The molecule has 36 heavy (non-hydrogen) atoms. The van der Waals surface area contributed by atoms with Gasteiger partial charge >= 0.3 is 17.6 Å². The lowest BCUT2D eigenvalue weighted by molar-refractivity contribution is -0.153. The third-order valence-electron chi connectivity index (χ3n) is 5.10. The van der Waals surface area contributed by atoms with Crippen LogP contribution in [0.1, 0.15) is 36.0 Å². The molecule has 1 aromatic carbocycles. The number of methoxy groups -OCH3 is 1. The molecule has 1 aliphatic rings. The molecule has 0 radical (unpaired) electrons. The van der Waals surface area contributed by atoms with Crippen LogP contribution < -0.4 is 15.7 Å². The van der Waals surface area contributed by atoms with Crippen molar-refractivity contribution in [1.82, 2.24) is 9.55 Å². The Bertz CT molecular complexity index is 1220. The number of carbonyl (C=O) groups is 3. The van der Waals surface area contributed by atoms with Gasteiger partial charge in [0.1, 0.15) is 24.3 Å². The maximum atomic E-state index is 13.0. The van der Waals surface area contributed by atoms with E-state index in [1.54, 1.807) is 24.3 Å². The Labute approximate surface area is 219 Å². The maximum absolute atomic E-state index is 13.0. The number of aromatic nitrogens is 2. The summed E-state index contributed by atoms with van der Waals surface area (Å²) in [6.07, 6.45) is 0.0122. The minimum atomic E-state index is -1.10. The first-order valence-electron chi connectivity index (χ1n) is 10.6. The number of esters is 2. The van der Waals surface area contributed by atoms with Gasteiger partial charge in [-0.2, -0.15) is 4.98 Å². The first-order valence-corrected chi connectivity index (χ1v) is 11.9. The quantitative estimate of drug-likeness (QED) is 0.367. The number of alkyl halides is 1. The van der Waals surface area contributed by atoms with Gasteiger partial charge in [-0.1, -0.05) is 27.5 Å². The second kappa shape index (κ2) is 12.2. The molecule has 4 atom stereocenters. The maximum Gasteiger partial charge on any atom is 0.351 e. The molecule has 13 heteroatoms. The van der Waals surface area contributed by atoms with Gasteiger partial charge in [-0.05, 0) is 30.3 Å². The van der Waals surface area contributed by atoms with E-state index < -0.39 is 46.8 Å². The van der Waals surface area contributed by atoms with E-state index in [1.807, 2.05) is 0 Å². The van der Waals surface area contributed by atoms with E-state index in [9.17, 15) is 19.2 Å². The van der Waals surface area contributed by atoms with Crippen molar-refractivity contribution >= 4 is 57.3 Å². The molecule has 3 rings (SSSR count). The Hall–Kier alpha value is -3.22. The lowest BCUT2D eigenvalue weighted by Gasteiger charge is -2.22. The molecule has 0 saturated carbocycles. The van der Waals surface area contributed by atoms with Crippen LogP contribution in [-0.4, -0.2) is 58.1 Å². The fourth-order valence-corrected chi connectivity index (χ4v) is 4.23. The smallest absolute Gasteiger partial charge is 0.351 e. The summed E-state index contributed by atoms with van der Waals surface area (Å²) in [7, 11) is 1.51. The van der Waals surface area contributed by atoms with Crippen LogP contribution in [0.4, 0.5) is 5.82 Å². The third-order valence-corrected chi connectivity index (χ3v) is 6.33. The highest BCUT2D eigenvalue weighted by molar-refractivity contribution is 9.09. The molecule has 1 N–H and O–H groups in total.